The van der Waals surface area contributed by atoms with Crippen LogP contribution >= 0.6 is 11.8 Å². The van der Waals surface area contributed by atoms with Crippen LogP contribution in [0, 0.1) is 0 Å². The molecule has 0 bridgehead atoms. The topological polar surface area (TPSA) is 12.5 Å². The third-order valence-electron chi connectivity index (χ3n) is 10.2. The van der Waals surface area contributed by atoms with Crippen molar-refractivity contribution < 1.29 is 4.74 Å². The van der Waals surface area contributed by atoms with Crippen molar-refractivity contribution in [3.05, 3.63) is 210 Å². The molecular formula is C47H31NOS. The zero-order valence-corrected chi connectivity index (χ0v) is 28.0. The summed E-state index contributed by atoms with van der Waals surface area (Å²) < 4.78 is 6.79. The molecule has 0 N–H and O–H groups in total. The highest BCUT2D eigenvalue weighted by molar-refractivity contribution is 7.99. The van der Waals surface area contributed by atoms with E-state index in [9.17, 15) is 0 Å². The van der Waals surface area contributed by atoms with E-state index in [4.69, 9.17) is 4.74 Å². The number of nitrogens with zero attached hydrogens (tertiary/aromatic N) is 1. The van der Waals surface area contributed by atoms with Crippen LogP contribution < -0.4 is 9.64 Å². The SMILES string of the molecule is c1ccc(-c2ccc(N(c3ccc4c(c3)C3(c5ccccc5O4)c4ccccc4Sc4ccccc43)c3cccc4ccccc34)cc2)cc1. The lowest BCUT2D eigenvalue weighted by molar-refractivity contribution is 0.431. The average molecular weight is 658 g/mol. The molecule has 0 saturated carbocycles. The summed E-state index contributed by atoms with van der Waals surface area (Å²) in [6.07, 6.45) is 0. The average Bonchev–Trinajstić information content (AvgIpc) is 3.19. The maximum absolute atomic E-state index is 6.79. The van der Waals surface area contributed by atoms with Crippen LogP contribution in [0.2, 0.25) is 0 Å². The van der Waals surface area contributed by atoms with Crippen molar-refractivity contribution in [3.63, 3.8) is 0 Å². The molecule has 0 unspecified atom stereocenters. The largest absolute Gasteiger partial charge is 0.457 e. The molecule has 0 radical (unpaired) electrons. The molecule has 0 aromatic heterocycles. The van der Waals surface area contributed by atoms with Gasteiger partial charge in [0.25, 0.3) is 0 Å². The van der Waals surface area contributed by atoms with Gasteiger partial charge in [-0.1, -0.05) is 145 Å². The third-order valence-corrected chi connectivity index (χ3v) is 11.3. The van der Waals surface area contributed by atoms with E-state index in [-0.39, 0.29) is 0 Å². The van der Waals surface area contributed by atoms with Crippen molar-refractivity contribution >= 4 is 39.6 Å². The minimum atomic E-state index is -0.569. The van der Waals surface area contributed by atoms with E-state index in [0.29, 0.717) is 0 Å². The first-order chi connectivity index (χ1) is 24.8. The fourth-order valence-electron chi connectivity index (χ4n) is 8.01. The second-order valence-corrected chi connectivity index (χ2v) is 14.0. The molecule has 2 aliphatic heterocycles. The Bertz CT molecular complexity index is 2450. The van der Waals surface area contributed by atoms with Gasteiger partial charge in [-0.15, -0.1) is 0 Å². The summed E-state index contributed by atoms with van der Waals surface area (Å²) >= 11 is 1.85. The zero-order valence-electron chi connectivity index (χ0n) is 27.2. The molecule has 10 rings (SSSR count). The number of rotatable bonds is 4. The molecule has 8 aromatic carbocycles. The highest BCUT2D eigenvalue weighted by Crippen LogP contribution is 2.62. The first-order valence-electron chi connectivity index (χ1n) is 17.0. The Labute approximate surface area is 296 Å². The van der Waals surface area contributed by atoms with Crippen molar-refractivity contribution in [2.75, 3.05) is 4.90 Å². The monoisotopic (exact) mass is 657 g/mol. The highest BCUT2D eigenvalue weighted by atomic mass is 32.2. The summed E-state index contributed by atoms with van der Waals surface area (Å²) in [6.45, 7) is 0. The molecule has 236 valence electrons. The van der Waals surface area contributed by atoms with Gasteiger partial charge in [-0.05, 0) is 82.2 Å². The van der Waals surface area contributed by atoms with E-state index >= 15 is 0 Å². The van der Waals surface area contributed by atoms with Gasteiger partial charge in [0.2, 0.25) is 0 Å². The summed E-state index contributed by atoms with van der Waals surface area (Å²) in [4.78, 5) is 4.93. The van der Waals surface area contributed by atoms with Gasteiger partial charge < -0.3 is 9.64 Å². The van der Waals surface area contributed by atoms with Gasteiger partial charge in [0.1, 0.15) is 11.5 Å². The summed E-state index contributed by atoms with van der Waals surface area (Å²) in [6, 6.07) is 67.9. The number of ether oxygens (including phenoxy) is 1. The molecule has 3 heteroatoms. The molecule has 0 amide bonds. The van der Waals surface area contributed by atoms with Crippen LogP contribution in [-0.4, -0.2) is 0 Å². The van der Waals surface area contributed by atoms with Crippen LogP contribution in [0.25, 0.3) is 21.9 Å². The lowest BCUT2D eigenvalue weighted by atomic mass is 9.63. The lowest BCUT2D eigenvalue weighted by Crippen LogP contribution is -2.36. The van der Waals surface area contributed by atoms with Gasteiger partial charge in [0, 0.05) is 37.7 Å². The molecule has 0 saturated heterocycles. The van der Waals surface area contributed by atoms with Crippen LogP contribution in [0.1, 0.15) is 22.3 Å². The summed E-state index contributed by atoms with van der Waals surface area (Å²) in [5, 5.41) is 2.40. The van der Waals surface area contributed by atoms with E-state index in [1.807, 2.05) is 11.8 Å². The Hall–Kier alpha value is -6.03. The summed E-state index contributed by atoms with van der Waals surface area (Å²) in [7, 11) is 0. The fraction of sp³-hybridized carbons (Fsp3) is 0.0213. The van der Waals surface area contributed by atoms with Crippen LogP contribution in [-0.2, 0) is 5.41 Å². The Morgan fingerprint density at radius 1 is 0.420 bits per heavy atom. The first kappa shape index (κ1) is 28.9. The van der Waals surface area contributed by atoms with Gasteiger partial charge in [0.05, 0.1) is 11.1 Å². The van der Waals surface area contributed by atoms with Crippen LogP contribution in [0.3, 0.4) is 0 Å². The number of para-hydroxylation sites is 1. The number of anilines is 3. The summed E-state index contributed by atoms with van der Waals surface area (Å²) in [5.41, 5.74) is 9.97. The van der Waals surface area contributed by atoms with E-state index in [1.54, 1.807) is 0 Å². The molecule has 1 spiro atoms. The van der Waals surface area contributed by atoms with Crippen molar-refractivity contribution in [3.8, 4) is 22.6 Å². The summed E-state index contributed by atoms with van der Waals surface area (Å²) in [5.74, 6) is 1.77. The van der Waals surface area contributed by atoms with Crippen molar-refractivity contribution in [1.29, 1.82) is 0 Å². The number of hydrogen-bond donors (Lipinski definition) is 0. The molecule has 0 aliphatic carbocycles. The Kier molecular flexibility index (Phi) is 6.68. The lowest BCUT2D eigenvalue weighted by Gasteiger charge is -2.45. The van der Waals surface area contributed by atoms with Crippen LogP contribution in [0.4, 0.5) is 17.1 Å². The van der Waals surface area contributed by atoms with Crippen molar-refractivity contribution in [1.82, 2.24) is 0 Å². The second kappa shape index (κ2) is 11.5. The second-order valence-electron chi connectivity index (χ2n) is 12.9. The molecule has 2 nitrogen and oxygen atoms in total. The number of benzene rings is 8. The quantitative estimate of drug-likeness (QED) is 0.187. The Morgan fingerprint density at radius 3 is 1.78 bits per heavy atom. The molecule has 2 aliphatic rings. The van der Waals surface area contributed by atoms with Crippen LogP contribution in [0.15, 0.2) is 198 Å². The Balaban J connectivity index is 1.25. The predicted molar refractivity (Wildman–Crippen MR) is 207 cm³/mol. The van der Waals surface area contributed by atoms with E-state index in [0.717, 1.165) is 39.7 Å². The zero-order chi connectivity index (χ0) is 33.1. The van der Waals surface area contributed by atoms with E-state index in [2.05, 4.69) is 193 Å². The smallest absolute Gasteiger partial charge is 0.132 e. The normalized spacial score (nSPS) is 13.4. The van der Waals surface area contributed by atoms with Gasteiger partial charge in [-0.3, -0.25) is 0 Å². The van der Waals surface area contributed by atoms with Crippen molar-refractivity contribution in [2.45, 2.75) is 15.2 Å². The number of hydrogen-bond acceptors (Lipinski definition) is 3. The highest BCUT2D eigenvalue weighted by Gasteiger charge is 2.49. The Morgan fingerprint density at radius 2 is 1.00 bits per heavy atom. The third kappa shape index (κ3) is 4.37. The molecule has 8 aromatic rings. The molecule has 2 heterocycles. The maximum Gasteiger partial charge on any atom is 0.132 e. The molecular weight excluding hydrogens is 627 g/mol. The molecule has 0 atom stereocenters. The van der Waals surface area contributed by atoms with E-state index < -0.39 is 5.41 Å². The van der Waals surface area contributed by atoms with Crippen LogP contribution in [0.5, 0.6) is 11.5 Å². The minimum Gasteiger partial charge on any atom is -0.457 e. The first-order valence-corrected chi connectivity index (χ1v) is 17.8. The van der Waals surface area contributed by atoms with Gasteiger partial charge in [-0.2, -0.15) is 0 Å². The molecule has 50 heavy (non-hydrogen) atoms. The molecule has 0 fully saturated rings. The van der Waals surface area contributed by atoms with Gasteiger partial charge >= 0.3 is 0 Å². The number of fused-ring (bicyclic) bond motifs is 9. The standard InChI is InChI=1S/C47H31NOS/c1-2-13-32(14-3-1)33-25-27-35(28-26-33)48(42-21-12-16-34-15-4-5-17-37(34)42)36-29-30-44-41(31-36)47(38-18-6-9-22-43(38)49-44)39-19-7-10-23-45(39)50-46-24-11-8-20-40(46)47/h1-31H. The maximum atomic E-state index is 6.79. The van der Waals surface area contributed by atoms with Gasteiger partial charge in [-0.25, -0.2) is 0 Å². The van der Waals surface area contributed by atoms with Gasteiger partial charge in [0.15, 0.2) is 0 Å². The van der Waals surface area contributed by atoms with E-state index in [1.165, 1.54) is 42.8 Å². The van der Waals surface area contributed by atoms with Crippen molar-refractivity contribution in [2.24, 2.45) is 0 Å². The predicted octanol–water partition coefficient (Wildman–Crippen LogP) is 12.9. The fourth-order valence-corrected chi connectivity index (χ4v) is 9.20. The minimum absolute atomic E-state index is 0.569.